The molecule has 0 saturated carbocycles. The number of rotatable bonds is 8. The average molecular weight is 621 g/mol. The van der Waals surface area contributed by atoms with Crippen molar-refractivity contribution in [3.63, 3.8) is 0 Å². The minimum absolute atomic E-state index is 0.928. The smallest absolute Gasteiger partial charge is 0.141 e. The molecule has 0 fully saturated rings. The highest BCUT2D eigenvalue weighted by molar-refractivity contribution is 6.20. The number of benzene rings is 5. The Bertz CT molecular complexity index is 2290. The van der Waals surface area contributed by atoms with E-state index in [0.717, 1.165) is 55.7 Å². The summed E-state index contributed by atoms with van der Waals surface area (Å²) in [6.07, 6.45) is 21.7. The van der Waals surface area contributed by atoms with E-state index >= 15 is 0 Å². The van der Waals surface area contributed by atoms with Gasteiger partial charge in [-0.05, 0) is 130 Å². The average Bonchev–Trinajstić information content (AvgIpc) is 3.54. The molecule has 0 radical (unpaired) electrons. The van der Waals surface area contributed by atoms with Crippen LogP contribution in [0.1, 0.15) is 61.8 Å². The highest BCUT2D eigenvalue weighted by atomic mass is 15.1. The molecule has 48 heavy (non-hydrogen) atoms. The SMILES string of the molecule is C=CCC/C(=C\C)c1nc2c(n1-c1ccc(-c3c4ccccc4c(C4=CCCC=C4)c4ccc(-c5ccccc5)cc34)cc1)CCC=C2. The molecule has 0 bridgehead atoms. The lowest BCUT2D eigenvalue weighted by molar-refractivity contribution is 0.861. The van der Waals surface area contributed by atoms with Crippen LogP contribution in [-0.2, 0) is 6.42 Å². The number of nitrogens with zero attached hydrogens (tertiary/aromatic N) is 2. The third-order valence-electron chi connectivity index (χ3n) is 9.91. The third kappa shape index (κ3) is 5.28. The van der Waals surface area contributed by atoms with Gasteiger partial charge >= 0.3 is 0 Å². The van der Waals surface area contributed by atoms with Crippen LogP contribution >= 0.6 is 0 Å². The van der Waals surface area contributed by atoms with Crippen LogP contribution in [-0.4, -0.2) is 9.55 Å². The molecule has 0 unspecified atom stereocenters. The second-order valence-corrected chi connectivity index (χ2v) is 12.8. The number of fused-ring (bicyclic) bond motifs is 3. The fraction of sp³-hybridized carbons (Fsp3) is 0.152. The van der Waals surface area contributed by atoms with Gasteiger partial charge < -0.3 is 0 Å². The Balaban J connectivity index is 1.35. The van der Waals surface area contributed by atoms with Crippen molar-refractivity contribution >= 4 is 38.8 Å². The first-order valence-electron chi connectivity index (χ1n) is 17.3. The molecule has 0 spiro atoms. The molecule has 2 heteroatoms. The standard InChI is InChI=1S/C46H40N2/c1-3-5-16-32(4-2)46-47-42-23-14-15-24-43(42)48(46)37-28-25-35(26-29-37)45-39-22-13-12-21-38(39)44(34-19-10-7-11-20-34)40-30-27-36(31-41(40)45)33-17-8-6-9-18-33/h3-4,6,8-10,12-14,17-23,25-31H,1,5,7,11,15-16,24H2,2H3/b32-4+. The summed E-state index contributed by atoms with van der Waals surface area (Å²) in [4.78, 5) is 5.17. The molecule has 0 amide bonds. The van der Waals surface area contributed by atoms with E-state index in [1.807, 2.05) is 6.08 Å². The van der Waals surface area contributed by atoms with E-state index in [2.05, 4.69) is 152 Å². The molecular formula is C46H40N2. The van der Waals surface area contributed by atoms with Crippen LogP contribution in [0.2, 0.25) is 0 Å². The quantitative estimate of drug-likeness (QED) is 0.122. The summed E-state index contributed by atoms with van der Waals surface area (Å²) in [6.45, 7) is 6.09. The molecule has 8 rings (SSSR count). The van der Waals surface area contributed by atoms with Gasteiger partial charge in [0.05, 0.1) is 11.4 Å². The van der Waals surface area contributed by atoms with E-state index in [1.165, 1.54) is 66.2 Å². The van der Waals surface area contributed by atoms with Gasteiger partial charge in [0.2, 0.25) is 0 Å². The Kier molecular flexibility index (Phi) is 8.08. The number of hydrogen-bond donors (Lipinski definition) is 0. The van der Waals surface area contributed by atoms with E-state index in [1.54, 1.807) is 0 Å². The maximum atomic E-state index is 5.17. The Morgan fingerprint density at radius 2 is 1.46 bits per heavy atom. The number of allylic oxidation sites excluding steroid dienone is 8. The lowest BCUT2D eigenvalue weighted by Crippen LogP contribution is -2.06. The van der Waals surface area contributed by atoms with Gasteiger partial charge in [-0.2, -0.15) is 0 Å². The lowest BCUT2D eigenvalue weighted by Gasteiger charge is -2.20. The zero-order valence-corrected chi connectivity index (χ0v) is 27.6. The molecule has 0 N–H and O–H groups in total. The Labute approximate surface area is 283 Å². The number of hydrogen-bond acceptors (Lipinski definition) is 1. The second-order valence-electron chi connectivity index (χ2n) is 12.8. The Hall–Kier alpha value is -5.47. The van der Waals surface area contributed by atoms with Crippen molar-refractivity contribution in [2.75, 3.05) is 0 Å². The van der Waals surface area contributed by atoms with Crippen LogP contribution in [0.3, 0.4) is 0 Å². The van der Waals surface area contributed by atoms with Gasteiger partial charge in [0.25, 0.3) is 0 Å². The van der Waals surface area contributed by atoms with Crippen LogP contribution in [0.25, 0.3) is 66.7 Å². The molecule has 0 atom stereocenters. The van der Waals surface area contributed by atoms with Crippen LogP contribution in [0.15, 0.2) is 140 Å². The van der Waals surface area contributed by atoms with Crippen molar-refractivity contribution < 1.29 is 0 Å². The third-order valence-corrected chi connectivity index (χ3v) is 9.91. The van der Waals surface area contributed by atoms with Gasteiger partial charge in [0, 0.05) is 5.69 Å². The summed E-state index contributed by atoms with van der Waals surface area (Å²) in [5.41, 5.74) is 12.4. The lowest BCUT2D eigenvalue weighted by atomic mass is 9.83. The summed E-state index contributed by atoms with van der Waals surface area (Å²) >= 11 is 0. The molecule has 1 aromatic heterocycles. The molecule has 2 nitrogen and oxygen atoms in total. The minimum atomic E-state index is 0.928. The predicted molar refractivity (Wildman–Crippen MR) is 206 cm³/mol. The first-order chi connectivity index (χ1) is 23.7. The van der Waals surface area contributed by atoms with Gasteiger partial charge in [0.1, 0.15) is 5.82 Å². The van der Waals surface area contributed by atoms with Gasteiger partial charge in [-0.25, -0.2) is 4.98 Å². The van der Waals surface area contributed by atoms with Gasteiger partial charge in [0.15, 0.2) is 0 Å². The van der Waals surface area contributed by atoms with Gasteiger partial charge in [-0.15, -0.1) is 6.58 Å². The normalized spacial score (nSPS) is 14.4. The van der Waals surface area contributed by atoms with E-state index in [4.69, 9.17) is 4.98 Å². The van der Waals surface area contributed by atoms with Gasteiger partial charge in [-0.3, -0.25) is 4.57 Å². The van der Waals surface area contributed by atoms with Crippen LogP contribution < -0.4 is 0 Å². The zero-order chi connectivity index (χ0) is 32.5. The Morgan fingerprint density at radius 3 is 2.21 bits per heavy atom. The van der Waals surface area contributed by atoms with Crippen molar-refractivity contribution in [2.24, 2.45) is 0 Å². The van der Waals surface area contributed by atoms with Crippen LogP contribution in [0, 0.1) is 0 Å². The summed E-state index contributed by atoms with van der Waals surface area (Å²) < 4.78 is 2.40. The number of imidazole rings is 1. The minimum Gasteiger partial charge on any atom is -0.296 e. The van der Waals surface area contributed by atoms with E-state index in [9.17, 15) is 0 Å². The fourth-order valence-corrected chi connectivity index (χ4v) is 7.58. The van der Waals surface area contributed by atoms with E-state index < -0.39 is 0 Å². The molecule has 2 aliphatic rings. The summed E-state index contributed by atoms with van der Waals surface area (Å²) in [5, 5.41) is 5.16. The highest BCUT2D eigenvalue weighted by Gasteiger charge is 2.22. The Morgan fingerprint density at radius 1 is 0.729 bits per heavy atom. The van der Waals surface area contributed by atoms with Crippen molar-refractivity contribution in [2.45, 2.75) is 45.4 Å². The molecular weight excluding hydrogens is 581 g/mol. The summed E-state index contributed by atoms with van der Waals surface area (Å²) in [7, 11) is 0. The van der Waals surface area contributed by atoms with Crippen LogP contribution in [0.5, 0.6) is 0 Å². The monoisotopic (exact) mass is 620 g/mol. The van der Waals surface area contributed by atoms with Crippen LogP contribution in [0.4, 0.5) is 0 Å². The molecule has 5 aromatic carbocycles. The maximum absolute atomic E-state index is 5.17. The molecule has 0 aliphatic heterocycles. The first-order valence-corrected chi connectivity index (χ1v) is 17.3. The summed E-state index contributed by atoms with van der Waals surface area (Å²) in [5.74, 6) is 1.05. The fourth-order valence-electron chi connectivity index (χ4n) is 7.58. The second kappa shape index (κ2) is 13.0. The summed E-state index contributed by atoms with van der Waals surface area (Å²) in [6, 6.07) is 36.0. The van der Waals surface area contributed by atoms with Crippen molar-refractivity contribution in [1.29, 1.82) is 0 Å². The van der Waals surface area contributed by atoms with E-state index in [-0.39, 0.29) is 0 Å². The molecule has 234 valence electrons. The topological polar surface area (TPSA) is 17.8 Å². The maximum Gasteiger partial charge on any atom is 0.141 e. The van der Waals surface area contributed by atoms with Gasteiger partial charge in [-0.1, -0.05) is 115 Å². The van der Waals surface area contributed by atoms with Crippen molar-refractivity contribution in [1.82, 2.24) is 9.55 Å². The first kappa shape index (κ1) is 29.9. The molecule has 2 aliphatic carbocycles. The highest BCUT2D eigenvalue weighted by Crippen LogP contribution is 2.44. The van der Waals surface area contributed by atoms with Crippen molar-refractivity contribution in [3.05, 3.63) is 163 Å². The molecule has 1 heterocycles. The predicted octanol–water partition coefficient (Wildman–Crippen LogP) is 12.6. The largest absolute Gasteiger partial charge is 0.296 e. The van der Waals surface area contributed by atoms with Crippen molar-refractivity contribution in [3.8, 4) is 27.9 Å². The molecule has 6 aromatic rings. The van der Waals surface area contributed by atoms with E-state index in [0.29, 0.717) is 0 Å². The number of aromatic nitrogens is 2. The zero-order valence-electron chi connectivity index (χ0n) is 27.6. The molecule has 0 saturated heterocycles.